The van der Waals surface area contributed by atoms with Gasteiger partial charge in [0.05, 0.1) is 11.5 Å². The number of ether oxygens (including phenoxy) is 5. The molecule has 0 N–H and O–H groups in total. The second-order valence-electron chi connectivity index (χ2n) is 8.26. The Bertz CT molecular complexity index is 832. The first-order valence-electron chi connectivity index (χ1n) is 9.29. The molecule has 28 heavy (non-hydrogen) atoms. The third kappa shape index (κ3) is 3.85. The van der Waals surface area contributed by atoms with Crippen molar-refractivity contribution in [3.63, 3.8) is 0 Å². The molecule has 0 unspecified atom stereocenters. The maximum absolute atomic E-state index is 12.9. The third-order valence-corrected chi connectivity index (χ3v) is 6.30. The number of aryl methyl sites for hydroxylation is 1. The Hall–Kier alpha value is -1.07. The SMILES string of the molecule is Cc1ccc(S(=O)(=O)O[C@@H]2[C@@H]3OC(C)(C)O[C@H]3O[C@H]2[C@@H]2COC(C)(C)O2)cc1. The van der Waals surface area contributed by atoms with E-state index in [4.69, 9.17) is 27.9 Å². The molecule has 0 aromatic heterocycles. The first-order chi connectivity index (χ1) is 13.0. The van der Waals surface area contributed by atoms with Crippen LogP contribution in [-0.4, -0.2) is 57.3 Å². The minimum Gasteiger partial charge on any atom is -0.348 e. The molecule has 1 aromatic carbocycles. The maximum atomic E-state index is 12.9. The molecule has 3 aliphatic rings. The Morgan fingerprint density at radius 3 is 2.25 bits per heavy atom. The van der Waals surface area contributed by atoms with Crippen molar-refractivity contribution >= 4 is 10.1 Å². The van der Waals surface area contributed by atoms with E-state index in [1.807, 2.05) is 6.92 Å². The minimum atomic E-state index is -4.04. The smallest absolute Gasteiger partial charge is 0.297 e. The molecule has 0 radical (unpaired) electrons. The van der Waals surface area contributed by atoms with E-state index in [0.29, 0.717) is 0 Å². The van der Waals surface area contributed by atoms with Gasteiger partial charge in [0.1, 0.15) is 24.4 Å². The zero-order valence-electron chi connectivity index (χ0n) is 16.6. The Morgan fingerprint density at radius 2 is 1.64 bits per heavy atom. The van der Waals surface area contributed by atoms with Crippen LogP contribution in [0, 0.1) is 6.92 Å². The largest absolute Gasteiger partial charge is 0.348 e. The molecule has 4 rings (SSSR count). The fourth-order valence-corrected chi connectivity index (χ4v) is 4.79. The van der Waals surface area contributed by atoms with Crippen molar-refractivity contribution in [1.29, 1.82) is 0 Å². The van der Waals surface area contributed by atoms with Gasteiger partial charge in [-0.3, -0.25) is 4.18 Å². The molecule has 3 fully saturated rings. The molecule has 1 aromatic rings. The van der Waals surface area contributed by atoms with E-state index in [-0.39, 0.29) is 11.5 Å². The van der Waals surface area contributed by atoms with Crippen molar-refractivity contribution in [2.45, 2.75) is 81.8 Å². The molecule has 3 aliphatic heterocycles. The van der Waals surface area contributed by atoms with Crippen molar-refractivity contribution in [2.24, 2.45) is 0 Å². The zero-order valence-corrected chi connectivity index (χ0v) is 17.4. The summed E-state index contributed by atoms with van der Waals surface area (Å²) in [5.41, 5.74) is 0.953. The van der Waals surface area contributed by atoms with E-state index in [1.165, 1.54) is 12.1 Å². The lowest BCUT2D eigenvalue weighted by Gasteiger charge is -2.28. The predicted octanol–water partition coefficient (Wildman–Crippen LogP) is 2.10. The Morgan fingerprint density at radius 1 is 0.964 bits per heavy atom. The lowest BCUT2D eigenvalue weighted by molar-refractivity contribution is -0.230. The molecule has 3 heterocycles. The molecular weight excluding hydrogens is 388 g/mol. The average molecular weight is 414 g/mol. The minimum absolute atomic E-state index is 0.0717. The molecular formula is C19H26O8S. The molecule has 8 nitrogen and oxygen atoms in total. The summed E-state index contributed by atoms with van der Waals surface area (Å²) in [6, 6.07) is 6.47. The number of fused-ring (bicyclic) bond motifs is 1. The van der Waals surface area contributed by atoms with Crippen LogP contribution in [-0.2, 0) is 38.0 Å². The van der Waals surface area contributed by atoms with Crippen molar-refractivity contribution in [3.05, 3.63) is 29.8 Å². The average Bonchev–Trinajstić information content (AvgIpc) is 3.18. The second-order valence-corrected chi connectivity index (χ2v) is 9.84. The summed E-state index contributed by atoms with van der Waals surface area (Å²) in [6.07, 6.45) is -3.60. The van der Waals surface area contributed by atoms with E-state index in [2.05, 4.69) is 0 Å². The molecule has 3 saturated heterocycles. The Kier molecular flexibility index (Phi) is 4.86. The fraction of sp³-hybridized carbons (Fsp3) is 0.684. The van der Waals surface area contributed by atoms with Gasteiger partial charge < -0.3 is 23.7 Å². The summed E-state index contributed by atoms with van der Waals surface area (Å²) < 4.78 is 60.5. The first-order valence-corrected chi connectivity index (χ1v) is 10.7. The zero-order chi connectivity index (χ0) is 20.3. The Labute approximate surface area is 165 Å². The standard InChI is InChI=1S/C19H26O8S/c1-11-6-8-12(9-7-11)28(20,21)27-15-14(13-10-22-18(2,3)24-13)23-17-16(15)25-19(4,5)26-17/h6-9,13-17H,10H2,1-5H3/t13-,14-,15-,16-,17+/m0/s1. The topological polar surface area (TPSA) is 89.5 Å². The van der Waals surface area contributed by atoms with Crippen molar-refractivity contribution in [2.75, 3.05) is 6.61 Å². The second kappa shape index (κ2) is 6.73. The van der Waals surface area contributed by atoms with Gasteiger partial charge in [0, 0.05) is 0 Å². The van der Waals surface area contributed by atoms with E-state index in [0.717, 1.165) is 5.56 Å². The molecule has 0 amide bonds. The summed E-state index contributed by atoms with van der Waals surface area (Å²) in [4.78, 5) is 0.0717. The lowest BCUT2D eigenvalue weighted by Crippen LogP contribution is -2.45. The van der Waals surface area contributed by atoms with Crippen LogP contribution in [0.2, 0.25) is 0 Å². The van der Waals surface area contributed by atoms with E-state index in [1.54, 1.807) is 39.8 Å². The van der Waals surface area contributed by atoms with E-state index >= 15 is 0 Å². The van der Waals surface area contributed by atoms with Crippen LogP contribution < -0.4 is 0 Å². The molecule has 156 valence electrons. The highest BCUT2D eigenvalue weighted by Crippen LogP contribution is 2.42. The third-order valence-electron chi connectivity index (χ3n) is 4.97. The van der Waals surface area contributed by atoms with Crippen LogP contribution in [0.5, 0.6) is 0 Å². The van der Waals surface area contributed by atoms with Crippen molar-refractivity contribution in [3.8, 4) is 0 Å². The molecule has 0 aliphatic carbocycles. The quantitative estimate of drug-likeness (QED) is 0.692. The summed E-state index contributed by atoms with van der Waals surface area (Å²) in [5.74, 6) is -1.69. The lowest BCUT2D eigenvalue weighted by atomic mass is 10.1. The summed E-state index contributed by atoms with van der Waals surface area (Å²) in [7, 11) is -4.04. The number of hydrogen-bond donors (Lipinski definition) is 0. The van der Waals surface area contributed by atoms with E-state index < -0.39 is 52.4 Å². The van der Waals surface area contributed by atoms with Crippen molar-refractivity contribution in [1.82, 2.24) is 0 Å². The van der Waals surface area contributed by atoms with Gasteiger partial charge in [-0.1, -0.05) is 17.7 Å². The highest BCUT2D eigenvalue weighted by molar-refractivity contribution is 7.86. The Balaban J connectivity index is 1.61. The van der Waals surface area contributed by atoms with Crippen LogP contribution in [0.1, 0.15) is 33.3 Å². The molecule has 9 heteroatoms. The normalized spacial score (nSPS) is 36.5. The summed E-state index contributed by atoms with van der Waals surface area (Å²) in [6.45, 7) is 9.20. The van der Waals surface area contributed by atoms with Crippen LogP contribution >= 0.6 is 0 Å². The van der Waals surface area contributed by atoms with Gasteiger partial charge in [0.25, 0.3) is 10.1 Å². The van der Waals surface area contributed by atoms with Gasteiger partial charge >= 0.3 is 0 Å². The fourth-order valence-electron chi connectivity index (χ4n) is 3.70. The van der Waals surface area contributed by atoms with E-state index in [9.17, 15) is 8.42 Å². The van der Waals surface area contributed by atoms with Gasteiger partial charge in [-0.05, 0) is 46.8 Å². The van der Waals surface area contributed by atoms with Gasteiger partial charge in [-0.15, -0.1) is 0 Å². The van der Waals surface area contributed by atoms with Gasteiger partial charge in [-0.25, -0.2) is 0 Å². The van der Waals surface area contributed by atoms with Gasteiger partial charge in [0.15, 0.2) is 17.9 Å². The highest BCUT2D eigenvalue weighted by Gasteiger charge is 2.60. The predicted molar refractivity (Wildman–Crippen MR) is 96.8 cm³/mol. The first kappa shape index (κ1) is 20.2. The van der Waals surface area contributed by atoms with Crippen LogP contribution in [0.4, 0.5) is 0 Å². The van der Waals surface area contributed by atoms with Gasteiger partial charge in [0.2, 0.25) is 0 Å². The monoisotopic (exact) mass is 414 g/mol. The van der Waals surface area contributed by atoms with Crippen LogP contribution in [0.15, 0.2) is 29.2 Å². The number of rotatable bonds is 4. The molecule has 0 saturated carbocycles. The number of benzene rings is 1. The van der Waals surface area contributed by atoms with Gasteiger partial charge in [-0.2, -0.15) is 8.42 Å². The van der Waals surface area contributed by atoms with Crippen LogP contribution in [0.3, 0.4) is 0 Å². The molecule has 5 atom stereocenters. The van der Waals surface area contributed by atoms with Crippen LogP contribution in [0.25, 0.3) is 0 Å². The molecule has 0 bridgehead atoms. The molecule has 0 spiro atoms. The summed E-state index contributed by atoms with van der Waals surface area (Å²) in [5, 5.41) is 0. The highest BCUT2D eigenvalue weighted by atomic mass is 32.2. The maximum Gasteiger partial charge on any atom is 0.297 e. The summed E-state index contributed by atoms with van der Waals surface area (Å²) >= 11 is 0. The van der Waals surface area contributed by atoms with Crippen molar-refractivity contribution < 1.29 is 36.3 Å². The number of hydrogen-bond acceptors (Lipinski definition) is 8.